The number of aryl methyl sites for hydroxylation is 2. The summed E-state index contributed by atoms with van der Waals surface area (Å²) in [6, 6.07) is 19.2. The van der Waals surface area contributed by atoms with Gasteiger partial charge in [0.2, 0.25) is 0 Å². The molecule has 2 N–H and O–H groups in total. The molecule has 35 heavy (non-hydrogen) atoms. The fourth-order valence-corrected chi connectivity index (χ4v) is 3.86. The van der Waals surface area contributed by atoms with E-state index >= 15 is 0 Å². The van der Waals surface area contributed by atoms with Gasteiger partial charge in [-0.25, -0.2) is 9.07 Å². The first kappa shape index (κ1) is 22.5. The zero-order chi connectivity index (χ0) is 24.5. The maximum atomic E-state index is 13.5. The lowest BCUT2D eigenvalue weighted by Gasteiger charge is -2.11. The minimum absolute atomic E-state index is 0.146. The Hall–Kier alpha value is -4.26. The molecule has 7 heteroatoms. The molecule has 1 fully saturated rings. The van der Waals surface area contributed by atoms with Gasteiger partial charge in [-0.05, 0) is 74.7 Å². The molecule has 176 valence electrons. The van der Waals surface area contributed by atoms with Crippen molar-refractivity contribution in [3.8, 4) is 16.9 Å². The van der Waals surface area contributed by atoms with Gasteiger partial charge in [0.1, 0.15) is 11.5 Å². The van der Waals surface area contributed by atoms with E-state index in [0.717, 1.165) is 29.5 Å². The van der Waals surface area contributed by atoms with E-state index in [4.69, 9.17) is 0 Å². The SMILES string of the molecule is Cc1cccc(-c2nn(-c3ccc(F)cc3)cc2C(=O)Nc2cc(C(=O)NC3CC3)ccc2C)c1. The van der Waals surface area contributed by atoms with Crippen molar-refractivity contribution in [3.63, 3.8) is 0 Å². The molecule has 6 nitrogen and oxygen atoms in total. The number of aromatic nitrogens is 2. The zero-order valence-electron chi connectivity index (χ0n) is 19.5. The molecule has 1 saturated carbocycles. The van der Waals surface area contributed by atoms with Gasteiger partial charge in [-0.3, -0.25) is 9.59 Å². The lowest BCUT2D eigenvalue weighted by molar-refractivity contribution is 0.0949. The van der Waals surface area contributed by atoms with E-state index in [2.05, 4.69) is 15.7 Å². The summed E-state index contributed by atoms with van der Waals surface area (Å²) in [5, 5.41) is 10.6. The fourth-order valence-electron chi connectivity index (χ4n) is 3.86. The number of benzene rings is 3. The molecule has 4 aromatic rings. The van der Waals surface area contributed by atoms with Crippen LogP contribution in [0.4, 0.5) is 10.1 Å². The summed E-state index contributed by atoms with van der Waals surface area (Å²) < 4.78 is 15.0. The summed E-state index contributed by atoms with van der Waals surface area (Å²) in [5.74, 6) is -0.843. The van der Waals surface area contributed by atoms with Crippen LogP contribution in [-0.4, -0.2) is 27.6 Å². The molecule has 2 amide bonds. The second-order valence-electron chi connectivity index (χ2n) is 8.91. The van der Waals surface area contributed by atoms with Crippen LogP contribution >= 0.6 is 0 Å². The van der Waals surface area contributed by atoms with E-state index in [1.165, 1.54) is 12.1 Å². The number of halogens is 1. The van der Waals surface area contributed by atoms with Crippen LogP contribution in [0.15, 0.2) is 72.9 Å². The summed E-state index contributed by atoms with van der Waals surface area (Å²) >= 11 is 0. The number of carbonyl (C=O) groups excluding carboxylic acids is 2. The van der Waals surface area contributed by atoms with E-state index < -0.39 is 0 Å². The number of hydrogen-bond donors (Lipinski definition) is 2. The molecule has 1 aliphatic carbocycles. The standard InChI is InChI=1S/C28H25FN4O2/c1-17-4-3-5-19(14-17)26-24(16-33(32-26)23-12-8-21(29)9-13-23)28(35)31-25-15-20(7-6-18(25)2)27(34)30-22-10-11-22/h3-9,12-16,22H,10-11H2,1-2H3,(H,30,34)(H,31,35). The van der Waals surface area contributed by atoms with E-state index in [-0.39, 0.29) is 23.7 Å². The van der Waals surface area contributed by atoms with Crippen molar-refractivity contribution in [1.82, 2.24) is 15.1 Å². The highest BCUT2D eigenvalue weighted by Gasteiger charge is 2.24. The zero-order valence-corrected chi connectivity index (χ0v) is 19.5. The van der Waals surface area contributed by atoms with Gasteiger partial charge in [0.25, 0.3) is 11.8 Å². The minimum Gasteiger partial charge on any atom is -0.349 e. The molecule has 0 unspecified atom stereocenters. The quantitative estimate of drug-likeness (QED) is 0.396. The highest BCUT2D eigenvalue weighted by Crippen LogP contribution is 2.27. The van der Waals surface area contributed by atoms with Crippen molar-refractivity contribution < 1.29 is 14.0 Å². The van der Waals surface area contributed by atoms with Gasteiger partial charge >= 0.3 is 0 Å². The largest absolute Gasteiger partial charge is 0.349 e. The number of nitrogens with zero attached hydrogens (tertiary/aromatic N) is 2. The Morgan fingerprint density at radius 2 is 1.74 bits per heavy atom. The van der Waals surface area contributed by atoms with E-state index in [0.29, 0.717) is 28.2 Å². The molecule has 0 atom stereocenters. The van der Waals surface area contributed by atoms with Gasteiger partial charge < -0.3 is 10.6 Å². The topological polar surface area (TPSA) is 76.0 Å². The molecule has 3 aromatic carbocycles. The average molecular weight is 469 g/mol. The van der Waals surface area contributed by atoms with Crippen LogP contribution < -0.4 is 10.6 Å². The highest BCUT2D eigenvalue weighted by molar-refractivity contribution is 6.09. The number of nitrogens with one attached hydrogen (secondary N) is 2. The second kappa shape index (κ2) is 9.18. The molecule has 0 saturated heterocycles. The monoisotopic (exact) mass is 468 g/mol. The van der Waals surface area contributed by atoms with Crippen LogP contribution in [0.3, 0.4) is 0 Å². The van der Waals surface area contributed by atoms with Gasteiger partial charge in [0.05, 0.1) is 11.3 Å². The Bertz CT molecular complexity index is 1420. The van der Waals surface area contributed by atoms with Crippen LogP contribution in [0.1, 0.15) is 44.7 Å². The number of amides is 2. The van der Waals surface area contributed by atoms with Crippen molar-refractivity contribution in [1.29, 1.82) is 0 Å². The molecular formula is C28H25FN4O2. The third-order valence-corrected chi connectivity index (χ3v) is 6.00. The number of carbonyl (C=O) groups is 2. The van der Waals surface area contributed by atoms with Crippen LogP contribution in [0.25, 0.3) is 16.9 Å². The Balaban J connectivity index is 1.50. The third-order valence-electron chi connectivity index (χ3n) is 6.00. The van der Waals surface area contributed by atoms with Crippen molar-refractivity contribution >= 4 is 17.5 Å². The molecule has 0 radical (unpaired) electrons. The molecule has 1 aliphatic rings. The van der Waals surface area contributed by atoms with Crippen LogP contribution in [-0.2, 0) is 0 Å². The summed E-state index contributed by atoms with van der Waals surface area (Å²) in [6.07, 6.45) is 3.64. The lowest BCUT2D eigenvalue weighted by atomic mass is 10.0. The highest BCUT2D eigenvalue weighted by atomic mass is 19.1. The minimum atomic E-state index is -0.349. The molecule has 0 aliphatic heterocycles. The molecular weight excluding hydrogens is 443 g/mol. The molecule has 1 aromatic heterocycles. The van der Waals surface area contributed by atoms with Gasteiger partial charge in [-0.1, -0.05) is 29.8 Å². The van der Waals surface area contributed by atoms with Crippen molar-refractivity contribution in [3.05, 3.63) is 101 Å². The molecule has 5 rings (SSSR count). The summed E-state index contributed by atoms with van der Waals surface area (Å²) in [6.45, 7) is 3.85. The van der Waals surface area contributed by atoms with Gasteiger partial charge in [0.15, 0.2) is 0 Å². The molecule has 1 heterocycles. The Labute approximate surface area is 202 Å². The van der Waals surface area contributed by atoms with Gasteiger partial charge in [-0.15, -0.1) is 0 Å². The van der Waals surface area contributed by atoms with Crippen LogP contribution in [0.2, 0.25) is 0 Å². The number of rotatable bonds is 6. The number of anilines is 1. The molecule has 0 bridgehead atoms. The number of hydrogen-bond acceptors (Lipinski definition) is 3. The second-order valence-corrected chi connectivity index (χ2v) is 8.91. The predicted molar refractivity (Wildman–Crippen MR) is 133 cm³/mol. The average Bonchev–Trinajstić information content (AvgIpc) is 3.54. The fraction of sp³-hybridized carbons (Fsp3) is 0.179. The predicted octanol–water partition coefficient (Wildman–Crippen LogP) is 5.44. The first-order valence-corrected chi connectivity index (χ1v) is 11.5. The first-order valence-electron chi connectivity index (χ1n) is 11.5. The van der Waals surface area contributed by atoms with Crippen molar-refractivity contribution in [2.45, 2.75) is 32.7 Å². The van der Waals surface area contributed by atoms with Crippen LogP contribution in [0.5, 0.6) is 0 Å². The third kappa shape index (κ3) is 4.99. The Morgan fingerprint density at radius 3 is 2.46 bits per heavy atom. The lowest BCUT2D eigenvalue weighted by Crippen LogP contribution is -2.25. The van der Waals surface area contributed by atoms with Crippen molar-refractivity contribution in [2.75, 3.05) is 5.32 Å². The van der Waals surface area contributed by atoms with Gasteiger partial charge in [0, 0.05) is 29.1 Å². The normalized spacial score (nSPS) is 12.9. The first-order chi connectivity index (χ1) is 16.9. The maximum Gasteiger partial charge on any atom is 0.259 e. The molecule has 0 spiro atoms. The summed E-state index contributed by atoms with van der Waals surface area (Å²) in [5.41, 5.74) is 5.24. The maximum absolute atomic E-state index is 13.5. The van der Waals surface area contributed by atoms with E-state index in [1.54, 1.807) is 35.1 Å². The smallest absolute Gasteiger partial charge is 0.259 e. The van der Waals surface area contributed by atoms with Crippen molar-refractivity contribution in [2.24, 2.45) is 0 Å². The Kier molecular flexibility index (Phi) is 5.91. The summed E-state index contributed by atoms with van der Waals surface area (Å²) in [7, 11) is 0. The van der Waals surface area contributed by atoms with Crippen LogP contribution in [0, 0.1) is 19.7 Å². The van der Waals surface area contributed by atoms with E-state index in [9.17, 15) is 14.0 Å². The van der Waals surface area contributed by atoms with E-state index in [1.807, 2.05) is 44.2 Å². The Morgan fingerprint density at radius 1 is 0.971 bits per heavy atom. The van der Waals surface area contributed by atoms with Gasteiger partial charge in [-0.2, -0.15) is 5.10 Å². The summed E-state index contributed by atoms with van der Waals surface area (Å²) in [4.78, 5) is 26.0.